The Bertz CT molecular complexity index is 330. The number of rotatable bonds is 3. The summed E-state index contributed by atoms with van der Waals surface area (Å²) in [6, 6.07) is 0. The molecule has 2 nitrogen and oxygen atoms in total. The van der Waals surface area contributed by atoms with Gasteiger partial charge in [0.1, 0.15) is 0 Å². The van der Waals surface area contributed by atoms with Crippen LogP contribution in [0.1, 0.15) is 65.7 Å². The molecule has 0 aromatic heterocycles. The van der Waals surface area contributed by atoms with Gasteiger partial charge in [0, 0.05) is 6.61 Å². The van der Waals surface area contributed by atoms with Crippen LogP contribution < -0.4 is 0 Å². The lowest BCUT2D eigenvalue weighted by Crippen LogP contribution is -2.57. The Balaban J connectivity index is 2.24. The minimum absolute atomic E-state index is 0.0902. The van der Waals surface area contributed by atoms with Crippen molar-refractivity contribution in [2.45, 2.75) is 89.5 Å². The third-order valence-electron chi connectivity index (χ3n) is 6.28. The van der Waals surface area contributed by atoms with Gasteiger partial charge < -0.3 is 9.53 Å². The summed E-state index contributed by atoms with van der Waals surface area (Å²) in [5.41, 5.74) is 0.0902. The monoisotopic (exact) mass is 298 g/mol. The van der Waals surface area contributed by atoms with Gasteiger partial charge in [-0.2, -0.15) is 0 Å². The summed E-state index contributed by atoms with van der Waals surface area (Å²) in [6.07, 6.45) is 8.77. The van der Waals surface area contributed by atoms with Crippen molar-refractivity contribution in [2.75, 3.05) is 6.61 Å². The van der Waals surface area contributed by atoms with Crippen LogP contribution in [0.15, 0.2) is 0 Å². The van der Waals surface area contributed by atoms with Gasteiger partial charge in [0.05, 0.1) is 5.60 Å². The molecule has 1 N–H and O–H groups in total. The predicted molar refractivity (Wildman–Crippen MR) is 87.4 cm³/mol. The summed E-state index contributed by atoms with van der Waals surface area (Å²) in [5, 5.41) is 10.0. The van der Waals surface area contributed by atoms with Crippen molar-refractivity contribution in [3.05, 3.63) is 0 Å². The van der Waals surface area contributed by atoms with Crippen LogP contribution in [0.5, 0.6) is 0 Å². The molecule has 0 aromatic rings. The lowest BCUT2D eigenvalue weighted by atomic mass is 9.63. The van der Waals surface area contributed by atoms with E-state index in [9.17, 15) is 5.11 Å². The summed E-state index contributed by atoms with van der Waals surface area (Å²) in [6.45, 7) is 12.1. The van der Waals surface area contributed by atoms with Crippen molar-refractivity contribution >= 4 is 8.32 Å². The van der Waals surface area contributed by atoms with Crippen molar-refractivity contribution in [1.29, 1.82) is 0 Å². The van der Waals surface area contributed by atoms with Gasteiger partial charge in [-0.1, -0.05) is 40.0 Å². The first kappa shape index (κ1) is 16.5. The zero-order valence-corrected chi connectivity index (χ0v) is 15.2. The van der Waals surface area contributed by atoms with Crippen LogP contribution in [-0.2, 0) is 4.43 Å². The van der Waals surface area contributed by atoms with Gasteiger partial charge in [0.2, 0.25) is 0 Å². The highest BCUT2D eigenvalue weighted by Crippen LogP contribution is 2.52. The maximum atomic E-state index is 9.76. The Kier molecular flexibility index (Phi) is 4.73. The van der Waals surface area contributed by atoms with Crippen LogP contribution in [0.4, 0.5) is 0 Å². The van der Waals surface area contributed by atoms with E-state index in [1.807, 2.05) is 0 Å². The van der Waals surface area contributed by atoms with Gasteiger partial charge in [0.25, 0.3) is 0 Å². The van der Waals surface area contributed by atoms with Gasteiger partial charge in [0.15, 0.2) is 8.32 Å². The van der Waals surface area contributed by atoms with Gasteiger partial charge in [-0.15, -0.1) is 0 Å². The van der Waals surface area contributed by atoms with E-state index in [1.165, 1.54) is 44.9 Å². The molecule has 0 saturated heterocycles. The minimum Gasteiger partial charge on any atom is -0.411 e. The Morgan fingerprint density at radius 3 is 2.35 bits per heavy atom. The van der Waals surface area contributed by atoms with Crippen molar-refractivity contribution in [3.63, 3.8) is 0 Å². The molecule has 3 atom stereocenters. The molecule has 2 fully saturated rings. The summed E-state index contributed by atoms with van der Waals surface area (Å²) in [7, 11) is -1.73. The molecule has 118 valence electrons. The quantitative estimate of drug-likeness (QED) is 0.763. The largest absolute Gasteiger partial charge is 0.411 e. The zero-order valence-electron chi connectivity index (χ0n) is 14.2. The fraction of sp³-hybridized carbons (Fsp3) is 1.00. The van der Waals surface area contributed by atoms with Gasteiger partial charge in [-0.3, -0.25) is 0 Å². The second-order valence-corrected chi connectivity index (χ2v) is 13.3. The molecule has 0 aliphatic heterocycles. The average Bonchev–Trinajstić information content (AvgIpc) is 2.35. The first-order valence-corrected chi connectivity index (χ1v) is 11.4. The van der Waals surface area contributed by atoms with Crippen LogP contribution in [0.2, 0.25) is 18.1 Å². The molecule has 0 spiro atoms. The highest BCUT2D eigenvalue weighted by atomic mass is 28.4. The van der Waals surface area contributed by atoms with E-state index in [4.69, 9.17) is 4.43 Å². The summed E-state index contributed by atoms with van der Waals surface area (Å²) in [5.74, 6) is 1.08. The van der Waals surface area contributed by atoms with Crippen LogP contribution in [0.25, 0.3) is 0 Å². The molecule has 2 saturated carbocycles. The molecule has 0 radical (unpaired) electrons. The second kappa shape index (κ2) is 5.73. The van der Waals surface area contributed by atoms with Crippen molar-refractivity contribution in [1.82, 2.24) is 0 Å². The number of fused-ring (bicyclic) bond motifs is 1. The fourth-order valence-electron chi connectivity index (χ4n) is 4.13. The van der Waals surface area contributed by atoms with E-state index < -0.39 is 8.32 Å². The maximum absolute atomic E-state index is 9.76. The molecule has 2 aliphatic carbocycles. The Morgan fingerprint density at radius 2 is 1.75 bits per heavy atom. The van der Waals surface area contributed by atoms with E-state index in [1.54, 1.807) is 0 Å². The third kappa shape index (κ3) is 3.00. The Morgan fingerprint density at radius 1 is 1.10 bits per heavy atom. The lowest BCUT2D eigenvalue weighted by molar-refractivity contribution is -0.0970. The number of hydrogen-bond acceptors (Lipinski definition) is 2. The molecule has 20 heavy (non-hydrogen) atoms. The minimum atomic E-state index is -1.73. The van der Waals surface area contributed by atoms with Crippen LogP contribution in [0, 0.1) is 11.8 Å². The first-order chi connectivity index (χ1) is 9.22. The molecule has 0 unspecified atom stereocenters. The molecule has 0 aromatic carbocycles. The molecular formula is C17H34O2Si. The van der Waals surface area contributed by atoms with Crippen molar-refractivity contribution in [3.8, 4) is 0 Å². The average molecular weight is 299 g/mol. The predicted octanol–water partition coefficient (Wildman–Crippen LogP) is 4.73. The van der Waals surface area contributed by atoms with E-state index in [0.717, 1.165) is 0 Å². The highest BCUT2D eigenvalue weighted by molar-refractivity contribution is 6.74. The van der Waals surface area contributed by atoms with E-state index in [0.29, 0.717) is 18.4 Å². The molecule has 0 bridgehead atoms. The number of aliphatic hydroxyl groups excluding tert-OH is 1. The maximum Gasteiger partial charge on any atom is 0.192 e. The van der Waals surface area contributed by atoms with Crippen LogP contribution in [-0.4, -0.2) is 25.6 Å². The normalized spacial score (nSPS) is 35.7. The van der Waals surface area contributed by atoms with Crippen LogP contribution in [0.3, 0.4) is 0 Å². The molecule has 0 heterocycles. The van der Waals surface area contributed by atoms with E-state index in [2.05, 4.69) is 33.9 Å². The standard InChI is InChI=1S/C17H34O2Si/c1-16(2,3)20(4,5)19-17-11-7-6-10-15(17)14(13-18)9-8-12-17/h14-15,18H,6-13H2,1-5H3/t14-,15-,17+/m1/s1. The fourth-order valence-corrected chi connectivity index (χ4v) is 5.81. The van der Waals surface area contributed by atoms with E-state index in [-0.39, 0.29) is 10.6 Å². The second-order valence-electron chi connectivity index (χ2n) is 8.61. The number of hydrogen-bond donors (Lipinski definition) is 1. The molecule has 0 amide bonds. The van der Waals surface area contributed by atoms with Gasteiger partial charge >= 0.3 is 0 Å². The summed E-state index contributed by atoms with van der Waals surface area (Å²) >= 11 is 0. The van der Waals surface area contributed by atoms with Crippen molar-refractivity contribution < 1.29 is 9.53 Å². The smallest absolute Gasteiger partial charge is 0.192 e. The zero-order chi connectivity index (χ0) is 15.0. The highest BCUT2D eigenvalue weighted by Gasteiger charge is 2.52. The molecule has 2 rings (SSSR count). The molecule has 2 aliphatic rings. The van der Waals surface area contributed by atoms with Gasteiger partial charge in [-0.25, -0.2) is 0 Å². The first-order valence-electron chi connectivity index (χ1n) is 8.53. The third-order valence-corrected chi connectivity index (χ3v) is 10.8. The van der Waals surface area contributed by atoms with Gasteiger partial charge in [-0.05, 0) is 55.7 Å². The summed E-state index contributed by atoms with van der Waals surface area (Å²) < 4.78 is 6.99. The SMILES string of the molecule is CC(C)(C)[Si](C)(C)O[C@]12CCCC[C@@H]1[C@@H](CO)CCC2. The lowest BCUT2D eigenvalue weighted by Gasteiger charge is -2.55. The number of aliphatic hydroxyl groups is 1. The Hall–Kier alpha value is 0.137. The molecular weight excluding hydrogens is 264 g/mol. The Labute approximate surface area is 126 Å². The molecule has 3 heteroatoms. The summed E-state index contributed by atoms with van der Waals surface area (Å²) in [4.78, 5) is 0. The topological polar surface area (TPSA) is 29.5 Å². The van der Waals surface area contributed by atoms with Crippen LogP contribution >= 0.6 is 0 Å². The van der Waals surface area contributed by atoms with Crippen molar-refractivity contribution in [2.24, 2.45) is 11.8 Å². The van der Waals surface area contributed by atoms with E-state index >= 15 is 0 Å².